The Hall–Kier alpha value is -3.31. The zero-order valence-corrected chi connectivity index (χ0v) is 22.1. The first-order chi connectivity index (χ1) is 17.5. The Kier molecular flexibility index (Phi) is 6.31. The highest BCUT2D eigenvalue weighted by molar-refractivity contribution is 7.92. The summed E-state index contributed by atoms with van der Waals surface area (Å²) in [4.78, 5) is 25.7. The van der Waals surface area contributed by atoms with E-state index in [1.54, 1.807) is 30.4 Å². The van der Waals surface area contributed by atoms with E-state index in [9.17, 15) is 17.6 Å². The summed E-state index contributed by atoms with van der Waals surface area (Å²) in [5, 5.41) is 0.779. The van der Waals surface area contributed by atoms with E-state index in [1.807, 2.05) is 37.2 Å². The van der Waals surface area contributed by atoms with Gasteiger partial charge in [0.25, 0.3) is 0 Å². The zero-order valence-electron chi connectivity index (χ0n) is 21.3. The monoisotopic (exact) mass is 527 g/mol. The van der Waals surface area contributed by atoms with Crippen LogP contribution in [-0.4, -0.2) is 75.9 Å². The number of halogens is 1. The molecular formula is C26H30FN5O4S. The smallest absolute Gasteiger partial charge is 0.238 e. The second kappa shape index (κ2) is 9.21. The fourth-order valence-corrected chi connectivity index (χ4v) is 5.82. The number of sulfonamides is 1. The number of nitrogens with one attached hydrogen (secondary N) is 1. The van der Waals surface area contributed by atoms with Crippen molar-refractivity contribution in [2.24, 2.45) is 0 Å². The van der Waals surface area contributed by atoms with Crippen LogP contribution >= 0.6 is 0 Å². The van der Waals surface area contributed by atoms with E-state index in [1.165, 1.54) is 0 Å². The van der Waals surface area contributed by atoms with Crippen molar-refractivity contribution < 1.29 is 22.3 Å². The third-order valence-corrected chi connectivity index (χ3v) is 7.60. The van der Waals surface area contributed by atoms with Crippen molar-refractivity contribution in [2.75, 3.05) is 50.2 Å². The third kappa shape index (κ3) is 4.61. The zero-order chi connectivity index (χ0) is 26.5. The Balaban J connectivity index is 1.55. The van der Waals surface area contributed by atoms with Crippen LogP contribution in [0.25, 0.3) is 22.0 Å². The van der Waals surface area contributed by atoms with Crippen LogP contribution in [0, 0.1) is 0 Å². The van der Waals surface area contributed by atoms with Crippen molar-refractivity contribution in [3.8, 4) is 17.0 Å². The molecule has 3 aromatic rings. The van der Waals surface area contributed by atoms with Crippen molar-refractivity contribution in [1.82, 2.24) is 14.9 Å². The largest absolute Gasteiger partial charge is 0.476 e. The van der Waals surface area contributed by atoms with Gasteiger partial charge in [-0.05, 0) is 57.1 Å². The minimum Gasteiger partial charge on any atom is -0.476 e. The molecule has 2 aliphatic rings. The molecule has 1 amide bonds. The van der Waals surface area contributed by atoms with Gasteiger partial charge in [-0.2, -0.15) is 0 Å². The number of carbonyl (C=O) groups is 1. The molecule has 0 bridgehead atoms. The highest BCUT2D eigenvalue weighted by Gasteiger charge is 2.59. The number of aromatic nitrogens is 2. The Bertz CT molecular complexity index is 1490. The molecule has 3 heterocycles. The van der Waals surface area contributed by atoms with Crippen molar-refractivity contribution in [1.29, 1.82) is 0 Å². The summed E-state index contributed by atoms with van der Waals surface area (Å²) in [6, 6.07) is 7.32. The van der Waals surface area contributed by atoms with Crippen molar-refractivity contribution in [3.63, 3.8) is 0 Å². The molecule has 5 rings (SSSR count). The molecule has 0 atom stereocenters. The number of benzene rings is 1. The van der Waals surface area contributed by atoms with Crippen LogP contribution in [0.3, 0.4) is 0 Å². The van der Waals surface area contributed by atoms with E-state index in [2.05, 4.69) is 14.7 Å². The van der Waals surface area contributed by atoms with Gasteiger partial charge in [-0.15, -0.1) is 0 Å². The van der Waals surface area contributed by atoms with Crippen molar-refractivity contribution in [3.05, 3.63) is 42.2 Å². The lowest BCUT2D eigenvalue weighted by Crippen LogP contribution is -2.49. The average Bonchev–Trinajstić information content (AvgIpc) is 3.03. The van der Waals surface area contributed by atoms with E-state index >= 15 is 0 Å². The van der Waals surface area contributed by atoms with Crippen LogP contribution in [-0.2, 0) is 20.2 Å². The molecule has 9 nitrogen and oxygen atoms in total. The molecule has 1 aliphatic carbocycles. The maximum Gasteiger partial charge on any atom is 0.238 e. The number of likely N-dealkylation sites (N-methyl/N-ethyl adjacent to an activating group) is 1. The number of anilines is 2. The second-order valence-corrected chi connectivity index (χ2v) is 11.9. The standard InChI is InChI=1S/C26H30FN5O4S/c1-31(2)8-5-9-36-24-21(30-37(4,34)35)11-17(14-29-24)16-6-7-20-19(10-16)23-22(15-28-20)32(3)25(33)26(23)12-18(27)13-26/h6-7,10-11,14-15,18,30H,5,8-9,12-13H2,1-4H3. The third-order valence-electron chi connectivity index (χ3n) is 7.01. The molecule has 1 spiro atoms. The number of ether oxygens (including phenoxy) is 1. The summed E-state index contributed by atoms with van der Waals surface area (Å²) in [6.07, 6.45) is 4.45. The first kappa shape index (κ1) is 25.3. The lowest BCUT2D eigenvalue weighted by molar-refractivity contribution is -0.128. The fourth-order valence-electron chi connectivity index (χ4n) is 5.28. The van der Waals surface area contributed by atoms with Gasteiger partial charge in [0.1, 0.15) is 11.9 Å². The average molecular weight is 528 g/mol. The molecular weight excluding hydrogens is 497 g/mol. The van der Waals surface area contributed by atoms with Crippen LogP contribution in [0.4, 0.5) is 15.8 Å². The maximum atomic E-state index is 14.1. The van der Waals surface area contributed by atoms with Gasteiger partial charge >= 0.3 is 0 Å². The lowest BCUT2D eigenvalue weighted by atomic mass is 9.63. The van der Waals surface area contributed by atoms with E-state index < -0.39 is 21.6 Å². The Labute approximate surface area is 215 Å². The number of hydrogen-bond donors (Lipinski definition) is 1. The summed E-state index contributed by atoms with van der Waals surface area (Å²) in [5.74, 6) is 0.0964. The van der Waals surface area contributed by atoms with Crippen LogP contribution < -0.4 is 14.4 Å². The van der Waals surface area contributed by atoms with Gasteiger partial charge in [0.15, 0.2) is 0 Å². The van der Waals surface area contributed by atoms with E-state index in [-0.39, 0.29) is 30.3 Å². The quantitative estimate of drug-likeness (QED) is 0.448. The summed E-state index contributed by atoms with van der Waals surface area (Å²) >= 11 is 0. The Morgan fingerprint density at radius 1 is 1.19 bits per heavy atom. The van der Waals surface area contributed by atoms with Crippen LogP contribution in [0.5, 0.6) is 5.88 Å². The molecule has 196 valence electrons. The van der Waals surface area contributed by atoms with Crippen molar-refractivity contribution >= 4 is 38.2 Å². The van der Waals surface area contributed by atoms with E-state index in [4.69, 9.17) is 4.74 Å². The Morgan fingerprint density at radius 2 is 1.95 bits per heavy atom. The molecule has 0 radical (unpaired) electrons. The van der Waals surface area contributed by atoms with Crippen LogP contribution in [0.1, 0.15) is 24.8 Å². The van der Waals surface area contributed by atoms with Gasteiger partial charge < -0.3 is 14.5 Å². The molecule has 0 unspecified atom stereocenters. The summed E-state index contributed by atoms with van der Waals surface area (Å²) < 4.78 is 46.4. The number of alkyl halides is 1. The number of rotatable bonds is 8. The minimum atomic E-state index is -3.58. The highest BCUT2D eigenvalue weighted by Crippen LogP contribution is 2.56. The fraction of sp³-hybridized carbons (Fsp3) is 0.423. The van der Waals surface area contributed by atoms with Gasteiger partial charge in [-0.3, -0.25) is 14.5 Å². The molecule has 11 heteroatoms. The number of carbonyl (C=O) groups excluding carboxylic acids is 1. The van der Waals surface area contributed by atoms with Crippen LogP contribution in [0.2, 0.25) is 0 Å². The Morgan fingerprint density at radius 3 is 2.62 bits per heavy atom. The van der Waals surface area contributed by atoms with Crippen LogP contribution in [0.15, 0.2) is 36.7 Å². The number of pyridine rings is 2. The number of hydrogen-bond acceptors (Lipinski definition) is 7. The van der Waals surface area contributed by atoms with Gasteiger partial charge in [-0.25, -0.2) is 17.8 Å². The molecule has 1 saturated carbocycles. The molecule has 1 fully saturated rings. The molecule has 2 aromatic heterocycles. The number of fused-ring (bicyclic) bond motifs is 4. The number of nitrogens with zero attached hydrogens (tertiary/aromatic N) is 4. The lowest BCUT2D eigenvalue weighted by Gasteiger charge is -2.40. The maximum absolute atomic E-state index is 14.1. The van der Waals surface area contributed by atoms with Crippen molar-refractivity contribution in [2.45, 2.75) is 30.8 Å². The minimum absolute atomic E-state index is 0.104. The van der Waals surface area contributed by atoms with Gasteiger partial charge in [0.05, 0.1) is 35.7 Å². The SMILES string of the molecule is CN(C)CCCOc1ncc(-c2ccc3ncc4c(c3c2)C2(CC(F)C2)C(=O)N4C)cc1NS(C)(=O)=O. The second-order valence-electron chi connectivity index (χ2n) is 10.2. The van der Waals surface area contributed by atoms with Gasteiger partial charge in [0, 0.05) is 36.3 Å². The molecule has 0 saturated heterocycles. The summed E-state index contributed by atoms with van der Waals surface area (Å²) in [5.41, 5.74) is 3.01. The predicted molar refractivity (Wildman–Crippen MR) is 141 cm³/mol. The molecule has 1 aliphatic heterocycles. The molecule has 37 heavy (non-hydrogen) atoms. The highest BCUT2D eigenvalue weighted by atomic mass is 32.2. The summed E-state index contributed by atoms with van der Waals surface area (Å²) in [6.45, 7) is 1.21. The summed E-state index contributed by atoms with van der Waals surface area (Å²) in [7, 11) is 2.05. The topological polar surface area (TPSA) is 105 Å². The molecule has 1 N–H and O–H groups in total. The van der Waals surface area contributed by atoms with Gasteiger partial charge in [0.2, 0.25) is 21.8 Å². The normalized spacial score (nSPS) is 21.0. The first-order valence-electron chi connectivity index (χ1n) is 12.1. The first-order valence-corrected chi connectivity index (χ1v) is 14.0. The van der Waals surface area contributed by atoms with E-state index in [0.717, 1.165) is 35.7 Å². The van der Waals surface area contributed by atoms with E-state index in [0.29, 0.717) is 23.4 Å². The molecule has 1 aromatic carbocycles. The number of amides is 1. The predicted octanol–water partition coefficient (Wildman–Crippen LogP) is 3.34. The van der Waals surface area contributed by atoms with Gasteiger partial charge in [-0.1, -0.05) is 6.07 Å².